The van der Waals surface area contributed by atoms with Gasteiger partial charge in [0, 0.05) is 23.0 Å². The van der Waals surface area contributed by atoms with Gasteiger partial charge in [0.2, 0.25) is 0 Å². The molecule has 4 rings (SSSR count). The smallest absolute Gasteiger partial charge is 0.256 e. The fourth-order valence-corrected chi connectivity index (χ4v) is 3.25. The number of amides is 1. The number of fused-ring (bicyclic) bond motifs is 1. The molecule has 5 N–H and O–H groups in total. The van der Waals surface area contributed by atoms with E-state index >= 15 is 0 Å². The molecule has 144 valence electrons. The Hall–Kier alpha value is -3.95. The summed E-state index contributed by atoms with van der Waals surface area (Å²) in [6.07, 6.45) is 2.49. The Balaban J connectivity index is 1.74. The summed E-state index contributed by atoms with van der Waals surface area (Å²) >= 11 is 0. The predicted octanol–water partition coefficient (Wildman–Crippen LogP) is 3.18. The number of rotatable bonds is 3. The summed E-state index contributed by atoms with van der Waals surface area (Å²) in [4.78, 5) is 15.6. The maximum absolute atomic E-state index is 12.6. The van der Waals surface area contributed by atoms with Crippen LogP contribution in [0.1, 0.15) is 28.5 Å². The van der Waals surface area contributed by atoms with Crippen LogP contribution in [0, 0.1) is 11.8 Å². The van der Waals surface area contributed by atoms with E-state index in [0.717, 1.165) is 0 Å². The van der Waals surface area contributed by atoms with Crippen molar-refractivity contribution in [1.82, 2.24) is 4.98 Å². The van der Waals surface area contributed by atoms with E-state index in [1.165, 1.54) is 0 Å². The van der Waals surface area contributed by atoms with Crippen LogP contribution >= 0.6 is 0 Å². The summed E-state index contributed by atoms with van der Waals surface area (Å²) < 4.78 is 5.31. The van der Waals surface area contributed by atoms with Crippen LogP contribution in [0.5, 0.6) is 5.75 Å². The molecule has 2 heterocycles. The number of nitrogen functional groups attached to an aromatic ring is 1. The first-order chi connectivity index (χ1) is 14.1. The lowest BCUT2D eigenvalue weighted by molar-refractivity contribution is -0.110. The number of aromatic amines is 1. The first kappa shape index (κ1) is 18.4. The molecule has 29 heavy (non-hydrogen) atoms. The molecule has 0 saturated carbocycles. The summed E-state index contributed by atoms with van der Waals surface area (Å²) in [5, 5.41) is 13.3. The zero-order valence-electron chi connectivity index (χ0n) is 15.7. The summed E-state index contributed by atoms with van der Waals surface area (Å²) in [7, 11) is 1.57. The van der Waals surface area contributed by atoms with Gasteiger partial charge in [0.25, 0.3) is 5.91 Å². The normalized spacial score (nSPS) is 14.7. The summed E-state index contributed by atoms with van der Waals surface area (Å²) in [6.45, 7) is 0. The van der Waals surface area contributed by atoms with Crippen molar-refractivity contribution in [3.8, 4) is 17.6 Å². The third-order valence-electron chi connectivity index (χ3n) is 4.64. The van der Waals surface area contributed by atoms with Gasteiger partial charge in [0.05, 0.1) is 24.1 Å². The number of H-pyrrole nitrogens is 1. The highest BCUT2D eigenvalue weighted by atomic mass is 16.5. The predicted molar refractivity (Wildman–Crippen MR) is 113 cm³/mol. The maximum atomic E-state index is 12.6. The lowest BCUT2D eigenvalue weighted by atomic mass is 9.99. The zero-order chi connectivity index (χ0) is 20.4. The van der Waals surface area contributed by atoms with Crippen LogP contribution in [0.4, 0.5) is 11.4 Å². The van der Waals surface area contributed by atoms with Gasteiger partial charge >= 0.3 is 0 Å². The van der Waals surface area contributed by atoms with Crippen molar-refractivity contribution in [2.75, 3.05) is 18.2 Å². The highest BCUT2D eigenvalue weighted by Gasteiger charge is 2.27. The number of aromatic nitrogens is 1. The molecular formula is C23H19N3O3. The zero-order valence-corrected chi connectivity index (χ0v) is 15.7. The molecule has 6 heteroatoms. The Labute approximate surface area is 168 Å². The molecule has 1 amide bonds. The van der Waals surface area contributed by atoms with E-state index in [9.17, 15) is 9.90 Å². The van der Waals surface area contributed by atoms with Crippen molar-refractivity contribution in [3.05, 3.63) is 77.1 Å². The summed E-state index contributed by atoms with van der Waals surface area (Å²) in [6, 6.07) is 14.2. The standard InChI is InChI=1S/C23H19N3O3/c1-29-21-10-11-25-19(21)13-17-22-14(4-3-7-18(22)26-23(17)28)8-9-20(27)15-5-2-6-16(24)12-15/h2-7,10-13,20,25,27H,24H2,1H3,(H,26,28). The molecule has 2 aromatic carbocycles. The molecule has 1 aliphatic rings. The highest BCUT2D eigenvalue weighted by molar-refractivity contribution is 6.35. The fourth-order valence-electron chi connectivity index (χ4n) is 3.25. The van der Waals surface area contributed by atoms with Crippen LogP contribution in [0.2, 0.25) is 0 Å². The van der Waals surface area contributed by atoms with E-state index in [2.05, 4.69) is 22.1 Å². The number of hydrogen-bond acceptors (Lipinski definition) is 4. The van der Waals surface area contributed by atoms with Crippen molar-refractivity contribution in [2.45, 2.75) is 6.10 Å². The number of methoxy groups -OCH3 is 1. The van der Waals surface area contributed by atoms with E-state index in [4.69, 9.17) is 10.5 Å². The number of ether oxygens (including phenoxy) is 1. The Morgan fingerprint density at radius 1 is 1.21 bits per heavy atom. The molecule has 0 saturated heterocycles. The highest BCUT2D eigenvalue weighted by Crippen LogP contribution is 2.36. The molecule has 0 bridgehead atoms. The Kier molecular flexibility index (Phi) is 4.82. The second-order valence-corrected chi connectivity index (χ2v) is 6.54. The van der Waals surface area contributed by atoms with Crippen LogP contribution in [0.25, 0.3) is 11.6 Å². The Morgan fingerprint density at radius 3 is 2.83 bits per heavy atom. The third-order valence-corrected chi connectivity index (χ3v) is 4.64. The quantitative estimate of drug-likeness (QED) is 0.316. The van der Waals surface area contributed by atoms with E-state index in [0.29, 0.717) is 45.1 Å². The summed E-state index contributed by atoms with van der Waals surface area (Å²) in [5.74, 6) is 6.26. The van der Waals surface area contributed by atoms with Gasteiger partial charge < -0.3 is 25.9 Å². The number of aliphatic hydroxyl groups is 1. The monoisotopic (exact) mass is 385 g/mol. The van der Waals surface area contributed by atoms with E-state index in [-0.39, 0.29) is 5.91 Å². The Morgan fingerprint density at radius 2 is 2.03 bits per heavy atom. The van der Waals surface area contributed by atoms with Crippen molar-refractivity contribution >= 4 is 28.9 Å². The second kappa shape index (κ2) is 7.58. The third kappa shape index (κ3) is 3.59. The van der Waals surface area contributed by atoms with E-state index < -0.39 is 6.10 Å². The molecule has 6 nitrogen and oxygen atoms in total. The molecule has 0 spiro atoms. The minimum Gasteiger partial charge on any atom is -0.495 e. The minimum atomic E-state index is -0.990. The largest absolute Gasteiger partial charge is 0.495 e. The number of aliphatic hydroxyl groups excluding tert-OH is 1. The lowest BCUT2D eigenvalue weighted by Gasteiger charge is -2.05. The van der Waals surface area contributed by atoms with Crippen LogP contribution in [0.15, 0.2) is 54.7 Å². The van der Waals surface area contributed by atoms with Crippen LogP contribution < -0.4 is 15.8 Å². The Bertz CT molecular complexity index is 1180. The number of anilines is 2. The van der Waals surface area contributed by atoms with Gasteiger partial charge in [-0.2, -0.15) is 0 Å². The van der Waals surface area contributed by atoms with Gasteiger partial charge in [-0.05, 0) is 42.0 Å². The first-order valence-electron chi connectivity index (χ1n) is 8.99. The minimum absolute atomic E-state index is 0.220. The molecule has 3 aromatic rings. The SMILES string of the molecule is COc1cc[nH]c1C=C1C(=O)Nc2cccc(C#CC(O)c3cccc(N)c3)c21. The van der Waals surface area contributed by atoms with Gasteiger partial charge in [0.15, 0.2) is 0 Å². The van der Waals surface area contributed by atoms with Crippen molar-refractivity contribution in [2.24, 2.45) is 0 Å². The fraction of sp³-hybridized carbons (Fsp3) is 0.0870. The van der Waals surface area contributed by atoms with Gasteiger partial charge in [0.1, 0.15) is 11.9 Å². The molecule has 0 aliphatic carbocycles. The number of carbonyl (C=O) groups excluding carboxylic acids is 1. The average molecular weight is 385 g/mol. The van der Waals surface area contributed by atoms with Gasteiger partial charge in [-0.1, -0.05) is 30.0 Å². The number of nitrogens with one attached hydrogen (secondary N) is 2. The molecule has 1 atom stereocenters. The van der Waals surface area contributed by atoms with E-state index in [1.807, 2.05) is 18.2 Å². The van der Waals surface area contributed by atoms with Gasteiger partial charge in [-0.3, -0.25) is 4.79 Å². The topological polar surface area (TPSA) is 100 Å². The molecular weight excluding hydrogens is 366 g/mol. The number of nitrogens with two attached hydrogens (primary N) is 1. The van der Waals surface area contributed by atoms with Crippen LogP contribution in [-0.2, 0) is 4.79 Å². The first-order valence-corrected chi connectivity index (χ1v) is 8.99. The average Bonchev–Trinajstić information content (AvgIpc) is 3.30. The second-order valence-electron chi connectivity index (χ2n) is 6.54. The maximum Gasteiger partial charge on any atom is 0.256 e. The summed E-state index contributed by atoms with van der Waals surface area (Å²) in [5.41, 5.74) is 10.1. The van der Waals surface area contributed by atoms with Gasteiger partial charge in [-0.15, -0.1) is 0 Å². The van der Waals surface area contributed by atoms with Crippen LogP contribution in [-0.4, -0.2) is 23.1 Å². The number of benzene rings is 2. The molecule has 1 aliphatic heterocycles. The molecule has 1 unspecified atom stereocenters. The van der Waals surface area contributed by atoms with Crippen LogP contribution in [0.3, 0.4) is 0 Å². The van der Waals surface area contributed by atoms with Crippen molar-refractivity contribution in [1.29, 1.82) is 0 Å². The number of hydrogen-bond donors (Lipinski definition) is 4. The van der Waals surface area contributed by atoms with Crippen molar-refractivity contribution < 1.29 is 14.6 Å². The van der Waals surface area contributed by atoms with Crippen molar-refractivity contribution in [3.63, 3.8) is 0 Å². The lowest BCUT2D eigenvalue weighted by Crippen LogP contribution is -2.03. The van der Waals surface area contributed by atoms with E-state index in [1.54, 1.807) is 49.7 Å². The van der Waals surface area contributed by atoms with Gasteiger partial charge in [-0.25, -0.2) is 0 Å². The molecule has 0 fully saturated rings. The molecule has 1 aromatic heterocycles. The molecule has 0 radical (unpaired) electrons. The number of carbonyl (C=O) groups is 1.